The van der Waals surface area contributed by atoms with Gasteiger partial charge < -0.3 is 20.3 Å². The molecule has 4 nitrogen and oxygen atoms in total. The Morgan fingerprint density at radius 2 is 2.00 bits per heavy atom. The number of hydrogen-bond donors (Lipinski definition) is 2. The van der Waals surface area contributed by atoms with Gasteiger partial charge in [0.15, 0.2) is 0 Å². The molecule has 0 bridgehead atoms. The van der Waals surface area contributed by atoms with E-state index in [9.17, 15) is 5.11 Å². The normalized spacial score (nSPS) is 12.4. The zero-order chi connectivity index (χ0) is 11.8. The van der Waals surface area contributed by atoms with Gasteiger partial charge in [0.05, 0.1) is 6.61 Å². The second-order valence-corrected chi connectivity index (χ2v) is 3.59. The molecule has 0 radical (unpaired) electrons. The Balaban J connectivity index is 2.38. The first kappa shape index (κ1) is 13.0. The molecule has 0 saturated heterocycles. The minimum absolute atomic E-state index is 0.214. The number of benzene rings is 1. The quantitative estimate of drug-likeness (QED) is 0.712. The first-order valence-electron chi connectivity index (χ1n) is 5.35. The van der Waals surface area contributed by atoms with Gasteiger partial charge in [0.1, 0.15) is 18.5 Å². The maximum absolute atomic E-state index is 9.22. The molecule has 0 aliphatic rings. The van der Waals surface area contributed by atoms with E-state index in [4.69, 9.17) is 15.2 Å². The monoisotopic (exact) mass is 225 g/mol. The molecular formula is C12H19NO3. The van der Waals surface area contributed by atoms with Gasteiger partial charge in [-0.3, -0.25) is 0 Å². The Kier molecular flexibility index (Phi) is 5.85. The fourth-order valence-corrected chi connectivity index (χ4v) is 1.23. The van der Waals surface area contributed by atoms with Crippen LogP contribution >= 0.6 is 0 Å². The lowest BCUT2D eigenvalue weighted by atomic mass is 10.1. The van der Waals surface area contributed by atoms with Crippen LogP contribution in [-0.2, 0) is 11.2 Å². The van der Waals surface area contributed by atoms with Crippen LogP contribution in [-0.4, -0.2) is 38.1 Å². The van der Waals surface area contributed by atoms with Crippen LogP contribution in [0.4, 0.5) is 0 Å². The van der Waals surface area contributed by atoms with Crippen LogP contribution in [0.1, 0.15) is 5.56 Å². The van der Waals surface area contributed by atoms with Gasteiger partial charge in [0.25, 0.3) is 0 Å². The highest BCUT2D eigenvalue weighted by Crippen LogP contribution is 2.12. The van der Waals surface area contributed by atoms with E-state index in [1.165, 1.54) is 5.56 Å². The summed E-state index contributed by atoms with van der Waals surface area (Å²) in [5.74, 6) is 0.744. The molecule has 0 aromatic heterocycles. The van der Waals surface area contributed by atoms with E-state index in [2.05, 4.69) is 0 Å². The zero-order valence-electron chi connectivity index (χ0n) is 9.56. The van der Waals surface area contributed by atoms with Crippen LogP contribution in [0.5, 0.6) is 5.75 Å². The van der Waals surface area contributed by atoms with Gasteiger partial charge in [-0.25, -0.2) is 0 Å². The standard InChI is InChI=1S/C12H19NO3/c1-15-7-6-10-2-4-12(5-3-10)16-9-11(14)8-13/h2-5,11,14H,6-9,13H2,1H3. The number of rotatable bonds is 7. The van der Waals surface area contributed by atoms with E-state index >= 15 is 0 Å². The molecule has 1 aromatic rings. The Morgan fingerprint density at radius 3 is 2.56 bits per heavy atom. The number of hydrogen-bond acceptors (Lipinski definition) is 4. The van der Waals surface area contributed by atoms with Crippen molar-refractivity contribution in [1.29, 1.82) is 0 Å². The van der Waals surface area contributed by atoms with Gasteiger partial charge in [0.2, 0.25) is 0 Å². The lowest BCUT2D eigenvalue weighted by molar-refractivity contribution is 0.114. The first-order valence-corrected chi connectivity index (χ1v) is 5.35. The van der Waals surface area contributed by atoms with Crippen molar-refractivity contribution in [3.05, 3.63) is 29.8 Å². The minimum Gasteiger partial charge on any atom is -0.491 e. The summed E-state index contributed by atoms with van der Waals surface area (Å²) in [4.78, 5) is 0. The maximum Gasteiger partial charge on any atom is 0.119 e. The largest absolute Gasteiger partial charge is 0.491 e. The van der Waals surface area contributed by atoms with E-state index in [0.717, 1.165) is 12.2 Å². The second-order valence-electron chi connectivity index (χ2n) is 3.59. The van der Waals surface area contributed by atoms with Crippen LogP contribution in [0.3, 0.4) is 0 Å². The van der Waals surface area contributed by atoms with Crippen molar-refractivity contribution >= 4 is 0 Å². The third kappa shape index (κ3) is 4.61. The fourth-order valence-electron chi connectivity index (χ4n) is 1.23. The van der Waals surface area contributed by atoms with E-state index in [1.807, 2.05) is 24.3 Å². The summed E-state index contributed by atoms with van der Waals surface area (Å²) in [6.07, 6.45) is 0.288. The fraction of sp³-hybridized carbons (Fsp3) is 0.500. The van der Waals surface area contributed by atoms with E-state index in [1.54, 1.807) is 7.11 Å². The molecule has 0 fully saturated rings. The van der Waals surface area contributed by atoms with Crippen molar-refractivity contribution in [2.24, 2.45) is 5.73 Å². The Bertz CT molecular complexity index is 287. The lowest BCUT2D eigenvalue weighted by Gasteiger charge is -2.10. The van der Waals surface area contributed by atoms with Crippen molar-refractivity contribution in [3.8, 4) is 5.75 Å². The molecule has 0 aliphatic heterocycles. The van der Waals surface area contributed by atoms with Gasteiger partial charge in [-0.15, -0.1) is 0 Å². The van der Waals surface area contributed by atoms with Crippen LogP contribution in [0.15, 0.2) is 24.3 Å². The molecule has 0 amide bonds. The molecule has 1 unspecified atom stereocenters. The highest BCUT2D eigenvalue weighted by molar-refractivity contribution is 5.27. The van der Waals surface area contributed by atoms with Gasteiger partial charge in [-0.2, -0.15) is 0 Å². The molecule has 90 valence electrons. The lowest BCUT2D eigenvalue weighted by Crippen LogP contribution is -2.26. The molecule has 0 saturated carbocycles. The van der Waals surface area contributed by atoms with Crippen molar-refractivity contribution in [1.82, 2.24) is 0 Å². The summed E-state index contributed by atoms with van der Waals surface area (Å²) in [6, 6.07) is 7.74. The molecule has 0 spiro atoms. The third-order valence-corrected chi connectivity index (χ3v) is 2.23. The predicted octanol–water partition coefficient (Wildman–Crippen LogP) is 0.574. The molecule has 0 heterocycles. The number of nitrogens with two attached hydrogens (primary N) is 1. The van der Waals surface area contributed by atoms with Gasteiger partial charge >= 0.3 is 0 Å². The number of ether oxygens (including phenoxy) is 2. The van der Waals surface area contributed by atoms with E-state index in [-0.39, 0.29) is 13.2 Å². The number of methoxy groups -OCH3 is 1. The summed E-state index contributed by atoms with van der Waals surface area (Å²) < 4.78 is 10.3. The van der Waals surface area contributed by atoms with Gasteiger partial charge in [-0.1, -0.05) is 12.1 Å². The van der Waals surface area contributed by atoms with Crippen molar-refractivity contribution in [3.63, 3.8) is 0 Å². The van der Waals surface area contributed by atoms with Crippen LogP contribution in [0.25, 0.3) is 0 Å². The third-order valence-electron chi connectivity index (χ3n) is 2.23. The average Bonchev–Trinajstić information content (AvgIpc) is 2.34. The highest BCUT2D eigenvalue weighted by Gasteiger charge is 2.02. The van der Waals surface area contributed by atoms with Crippen molar-refractivity contribution < 1.29 is 14.6 Å². The van der Waals surface area contributed by atoms with Gasteiger partial charge in [0, 0.05) is 13.7 Å². The molecule has 3 N–H and O–H groups in total. The Hall–Kier alpha value is -1.10. The van der Waals surface area contributed by atoms with Crippen LogP contribution in [0, 0.1) is 0 Å². The number of aliphatic hydroxyl groups is 1. The SMILES string of the molecule is COCCc1ccc(OCC(O)CN)cc1. The summed E-state index contributed by atoms with van der Waals surface area (Å²) in [7, 11) is 1.69. The molecular weight excluding hydrogens is 206 g/mol. The summed E-state index contributed by atoms with van der Waals surface area (Å²) in [5, 5.41) is 9.22. The van der Waals surface area contributed by atoms with Crippen molar-refractivity contribution in [2.75, 3.05) is 26.9 Å². The maximum atomic E-state index is 9.22. The molecule has 16 heavy (non-hydrogen) atoms. The van der Waals surface area contributed by atoms with Crippen LogP contribution in [0.2, 0.25) is 0 Å². The highest BCUT2D eigenvalue weighted by atomic mass is 16.5. The minimum atomic E-state index is -0.604. The predicted molar refractivity (Wildman–Crippen MR) is 62.6 cm³/mol. The zero-order valence-corrected chi connectivity index (χ0v) is 9.56. The smallest absolute Gasteiger partial charge is 0.119 e. The van der Waals surface area contributed by atoms with E-state index < -0.39 is 6.10 Å². The molecule has 1 aromatic carbocycles. The molecule has 1 rings (SSSR count). The molecule has 4 heteroatoms. The molecule has 0 aliphatic carbocycles. The number of aliphatic hydroxyl groups excluding tert-OH is 1. The summed E-state index contributed by atoms with van der Waals surface area (Å²) in [6.45, 7) is 1.16. The summed E-state index contributed by atoms with van der Waals surface area (Å²) >= 11 is 0. The van der Waals surface area contributed by atoms with Crippen molar-refractivity contribution in [2.45, 2.75) is 12.5 Å². The second kappa shape index (κ2) is 7.22. The summed E-state index contributed by atoms with van der Waals surface area (Å²) in [5.41, 5.74) is 6.47. The first-order chi connectivity index (χ1) is 7.76. The van der Waals surface area contributed by atoms with E-state index in [0.29, 0.717) is 6.61 Å². The van der Waals surface area contributed by atoms with Gasteiger partial charge in [-0.05, 0) is 24.1 Å². The Labute approximate surface area is 96.0 Å². The Morgan fingerprint density at radius 1 is 1.31 bits per heavy atom. The topological polar surface area (TPSA) is 64.7 Å². The molecule has 1 atom stereocenters. The average molecular weight is 225 g/mol. The van der Waals surface area contributed by atoms with Crippen LogP contribution < -0.4 is 10.5 Å².